The lowest BCUT2D eigenvalue weighted by molar-refractivity contribution is -0.144. The standard InChI is InChI=1S/C8H11NO4.ClH/c10-5(11)7-1-2-8(9-7,4-3-7)6(12)13;/h9H,1-4H2,(H,10,11)(H,12,13);1H. The van der Waals surface area contributed by atoms with Crippen LogP contribution in [0.25, 0.3) is 0 Å². The topological polar surface area (TPSA) is 86.6 Å². The van der Waals surface area contributed by atoms with E-state index in [9.17, 15) is 9.59 Å². The van der Waals surface area contributed by atoms with E-state index < -0.39 is 23.0 Å². The molecule has 0 unspecified atom stereocenters. The van der Waals surface area contributed by atoms with Crippen LogP contribution in [0, 0.1) is 0 Å². The van der Waals surface area contributed by atoms with Crippen molar-refractivity contribution >= 4 is 24.3 Å². The van der Waals surface area contributed by atoms with Crippen LogP contribution in [0.1, 0.15) is 25.7 Å². The quantitative estimate of drug-likeness (QED) is 0.622. The molecular weight excluding hydrogens is 210 g/mol. The zero-order valence-electron chi connectivity index (χ0n) is 7.45. The van der Waals surface area contributed by atoms with Crippen LogP contribution >= 0.6 is 12.4 Å². The molecular formula is C8H12ClNO4. The number of rotatable bonds is 2. The Morgan fingerprint density at radius 2 is 1.21 bits per heavy atom. The van der Waals surface area contributed by atoms with Crippen LogP contribution in [0.3, 0.4) is 0 Å². The summed E-state index contributed by atoms with van der Waals surface area (Å²) in [5.74, 6) is -1.85. The molecule has 2 fully saturated rings. The molecule has 0 atom stereocenters. The van der Waals surface area contributed by atoms with Crippen molar-refractivity contribution in [2.45, 2.75) is 36.8 Å². The number of nitrogens with one attached hydrogen (secondary N) is 1. The van der Waals surface area contributed by atoms with Crippen molar-refractivity contribution in [2.75, 3.05) is 0 Å². The summed E-state index contributed by atoms with van der Waals surface area (Å²) in [6.45, 7) is 0. The van der Waals surface area contributed by atoms with Gasteiger partial charge >= 0.3 is 11.9 Å². The van der Waals surface area contributed by atoms with E-state index in [4.69, 9.17) is 10.2 Å². The lowest BCUT2D eigenvalue weighted by Gasteiger charge is -2.19. The van der Waals surface area contributed by atoms with E-state index in [2.05, 4.69) is 5.32 Å². The van der Waals surface area contributed by atoms with Gasteiger partial charge in [0.05, 0.1) is 0 Å². The number of fused-ring (bicyclic) bond motifs is 2. The van der Waals surface area contributed by atoms with Gasteiger partial charge in [0.1, 0.15) is 11.1 Å². The van der Waals surface area contributed by atoms with E-state index in [-0.39, 0.29) is 12.4 Å². The Hall–Kier alpha value is -0.810. The number of aliphatic carboxylic acids is 2. The molecule has 5 nitrogen and oxygen atoms in total. The van der Waals surface area contributed by atoms with Crippen LogP contribution in [0.2, 0.25) is 0 Å². The smallest absolute Gasteiger partial charge is 0.323 e. The summed E-state index contributed by atoms with van der Waals surface area (Å²) >= 11 is 0. The first-order valence-electron chi connectivity index (χ1n) is 4.27. The number of hydrogen-bond acceptors (Lipinski definition) is 3. The minimum Gasteiger partial charge on any atom is -0.480 e. The van der Waals surface area contributed by atoms with E-state index in [1.54, 1.807) is 0 Å². The molecule has 14 heavy (non-hydrogen) atoms. The first kappa shape index (κ1) is 11.3. The Morgan fingerprint density at radius 1 is 0.929 bits per heavy atom. The van der Waals surface area contributed by atoms with Crippen LogP contribution in [-0.4, -0.2) is 33.2 Å². The number of carbonyl (C=O) groups is 2. The first-order valence-corrected chi connectivity index (χ1v) is 4.27. The molecule has 0 aliphatic carbocycles. The fraction of sp³-hybridized carbons (Fsp3) is 0.750. The Kier molecular flexibility index (Phi) is 2.49. The molecule has 80 valence electrons. The average molecular weight is 222 g/mol. The lowest BCUT2D eigenvalue weighted by atomic mass is 9.82. The third-order valence-corrected chi connectivity index (χ3v) is 3.25. The van der Waals surface area contributed by atoms with Crippen LogP contribution in [-0.2, 0) is 9.59 Å². The van der Waals surface area contributed by atoms with Crippen molar-refractivity contribution in [2.24, 2.45) is 0 Å². The second kappa shape index (κ2) is 3.10. The molecule has 6 heteroatoms. The maximum atomic E-state index is 10.9. The van der Waals surface area contributed by atoms with Crippen molar-refractivity contribution in [3.63, 3.8) is 0 Å². The van der Waals surface area contributed by atoms with Gasteiger partial charge in [0.25, 0.3) is 0 Å². The predicted octanol–water partition coefficient (Wildman–Crippen LogP) is 0.232. The van der Waals surface area contributed by atoms with Crippen LogP contribution in [0.4, 0.5) is 0 Å². The lowest BCUT2D eigenvalue weighted by Crippen LogP contribution is -2.50. The Balaban J connectivity index is 0.000000980. The van der Waals surface area contributed by atoms with Gasteiger partial charge in [-0.2, -0.15) is 0 Å². The molecule has 0 saturated carbocycles. The van der Waals surface area contributed by atoms with Gasteiger partial charge in [0.2, 0.25) is 0 Å². The molecule has 3 N–H and O–H groups in total. The van der Waals surface area contributed by atoms with Gasteiger partial charge in [-0.05, 0) is 25.7 Å². The highest BCUT2D eigenvalue weighted by Gasteiger charge is 2.61. The largest absolute Gasteiger partial charge is 0.480 e. The zero-order chi connectivity index (χ0) is 9.69. The maximum absolute atomic E-state index is 10.9. The molecule has 2 heterocycles. The SMILES string of the molecule is Cl.O=C(O)C12CCC(C(=O)O)(CC1)N2. The number of carboxylic acid groups (broad SMARTS) is 2. The fourth-order valence-corrected chi connectivity index (χ4v) is 2.35. The van der Waals surface area contributed by atoms with Crippen molar-refractivity contribution in [3.05, 3.63) is 0 Å². The highest BCUT2D eigenvalue weighted by molar-refractivity contribution is 5.87. The van der Waals surface area contributed by atoms with Crippen LogP contribution in [0.15, 0.2) is 0 Å². The van der Waals surface area contributed by atoms with Gasteiger partial charge in [-0.25, -0.2) is 0 Å². The third-order valence-electron chi connectivity index (χ3n) is 3.25. The molecule has 0 aromatic carbocycles. The summed E-state index contributed by atoms with van der Waals surface area (Å²) < 4.78 is 0. The van der Waals surface area contributed by atoms with E-state index in [1.165, 1.54) is 0 Å². The number of hydrogen-bond donors (Lipinski definition) is 3. The van der Waals surface area contributed by atoms with Gasteiger partial charge in [0, 0.05) is 0 Å². The Bertz CT molecular complexity index is 255. The third kappa shape index (κ3) is 1.19. The Morgan fingerprint density at radius 3 is 1.36 bits per heavy atom. The predicted molar refractivity (Wildman–Crippen MR) is 49.6 cm³/mol. The molecule has 2 aliphatic rings. The van der Waals surface area contributed by atoms with Crippen molar-refractivity contribution in [1.82, 2.24) is 5.32 Å². The normalized spacial score (nSPS) is 39.1. The highest BCUT2D eigenvalue weighted by Crippen LogP contribution is 2.45. The van der Waals surface area contributed by atoms with E-state index >= 15 is 0 Å². The summed E-state index contributed by atoms with van der Waals surface area (Å²) in [7, 11) is 0. The summed E-state index contributed by atoms with van der Waals surface area (Å²) in [4.78, 5) is 21.8. The van der Waals surface area contributed by atoms with Crippen molar-refractivity contribution < 1.29 is 19.8 Å². The number of carboxylic acids is 2. The summed E-state index contributed by atoms with van der Waals surface area (Å²) in [6.07, 6.45) is 1.70. The zero-order valence-corrected chi connectivity index (χ0v) is 8.26. The van der Waals surface area contributed by atoms with Crippen LogP contribution < -0.4 is 5.32 Å². The molecule has 0 amide bonds. The monoisotopic (exact) mass is 221 g/mol. The van der Waals surface area contributed by atoms with E-state index in [0.29, 0.717) is 25.7 Å². The van der Waals surface area contributed by atoms with Crippen LogP contribution in [0.5, 0.6) is 0 Å². The summed E-state index contributed by atoms with van der Waals surface area (Å²) in [5.41, 5.74) is -1.92. The molecule has 2 saturated heterocycles. The average Bonchev–Trinajstić information content (AvgIpc) is 2.61. The molecule has 0 aromatic heterocycles. The minimum atomic E-state index is -0.960. The van der Waals surface area contributed by atoms with E-state index in [1.807, 2.05) is 0 Å². The molecule has 0 radical (unpaired) electrons. The fourth-order valence-electron chi connectivity index (χ4n) is 2.35. The molecule has 0 aromatic rings. The molecule has 0 spiro atoms. The van der Waals surface area contributed by atoms with Gasteiger partial charge in [0.15, 0.2) is 0 Å². The van der Waals surface area contributed by atoms with Gasteiger partial charge in [-0.1, -0.05) is 0 Å². The maximum Gasteiger partial charge on any atom is 0.323 e. The first-order chi connectivity index (χ1) is 6.01. The second-order valence-corrected chi connectivity index (χ2v) is 3.90. The molecule has 2 aliphatic heterocycles. The molecule has 2 rings (SSSR count). The highest BCUT2D eigenvalue weighted by atomic mass is 35.5. The van der Waals surface area contributed by atoms with Gasteiger partial charge in [-0.3, -0.25) is 14.9 Å². The second-order valence-electron chi connectivity index (χ2n) is 3.90. The van der Waals surface area contributed by atoms with Crippen molar-refractivity contribution in [1.29, 1.82) is 0 Å². The van der Waals surface area contributed by atoms with Crippen molar-refractivity contribution in [3.8, 4) is 0 Å². The van der Waals surface area contributed by atoms with E-state index in [0.717, 1.165) is 0 Å². The minimum absolute atomic E-state index is 0. The summed E-state index contributed by atoms with van der Waals surface area (Å²) in [6, 6.07) is 0. The Labute approximate surface area is 86.9 Å². The van der Waals surface area contributed by atoms with Gasteiger partial charge < -0.3 is 10.2 Å². The molecule has 2 bridgehead atoms. The number of halogens is 1. The summed E-state index contributed by atoms with van der Waals surface area (Å²) in [5, 5.41) is 20.6. The van der Waals surface area contributed by atoms with Gasteiger partial charge in [-0.15, -0.1) is 12.4 Å².